The van der Waals surface area contributed by atoms with Crippen LogP contribution in [0.25, 0.3) is 0 Å². The molecule has 0 aliphatic carbocycles. The zero-order valence-electron chi connectivity index (χ0n) is 8.17. The molecule has 3 N–H and O–H groups in total. The molecule has 0 spiro atoms. The summed E-state index contributed by atoms with van der Waals surface area (Å²) in [6, 6.07) is 0. The minimum absolute atomic E-state index is 0.700. The van der Waals surface area contributed by atoms with Crippen molar-refractivity contribution in [1.82, 2.24) is 9.97 Å². The number of aryl methyl sites for hydroxylation is 2. The molecule has 0 saturated heterocycles. The van der Waals surface area contributed by atoms with E-state index in [1.54, 1.807) is 6.20 Å². The van der Waals surface area contributed by atoms with Gasteiger partial charge in [-0.25, -0.2) is 4.98 Å². The summed E-state index contributed by atoms with van der Waals surface area (Å²) in [4.78, 5) is 8.53. The Kier molecular flexibility index (Phi) is 3.64. The second-order valence-electron chi connectivity index (χ2n) is 3.00. The Morgan fingerprint density at radius 1 is 1.38 bits per heavy atom. The molecule has 0 atom stereocenters. The maximum Gasteiger partial charge on any atom is 0.144 e. The normalized spacial score (nSPS) is 10.1. The number of hydrogen-bond acceptors (Lipinski definition) is 4. The average molecular weight is 180 g/mol. The number of nitrogens with two attached hydrogens (primary N) is 1. The van der Waals surface area contributed by atoms with Crippen molar-refractivity contribution in [3.8, 4) is 0 Å². The van der Waals surface area contributed by atoms with E-state index in [9.17, 15) is 0 Å². The Bertz CT molecular complexity index is 272. The molecule has 0 aromatic carbocycles. The van der Waals surface area contributed by atoms with Crippen molar-refractivity contribution in [3.05, 3.63) is 17.6 Å². The summed E-state index contributed by atoms with van der Waals surface area (Å²) < 4.78 is 0. The molecule has 1 rings (SSSR count). The van der Waals surface area contributed by atoms with Crippen molar-refractivity contribution < 1.29 is 0 Å². The third-order valence-electron chi connectivity index (χ3n) is 1.88. The summed E-state index contributed by atoms with van der Waals surface area (Å²) in [5.41, 5.74) is 7.32. The largest absolute Gasteiger partial charge is 0.369 e. The SMILES string of the molecule is Cc1ncc(NCCCN)nc1C. The first-order valence-corrected chi connectivity index (χ1v) is 4.48. The topological polar surface area (TPSA) is 63.8 Å². The van der Waals surface area contributed by atoms with Crippen molar-refractivity contribution >= 4 is 5.82 Å². The molecule has 0 fully saturated rings. The average Bonchev–Trinajstić information content (AvgIpc) is 2.12. The number of nitrogens with one attached hydrogen (secondary N) is 1. The lowest BCUT2D eigenvalue weighted by molar-refractivity contribution is 0.866. The summed E-state index contributed by atoms with van der Waals surface area (Å²) in [6.45, 7) is 5.46. The van der Waals surface area contributed by atoms with Gasteiger partial charge in [0.25, 0.3) is 0 Å². The minimum atomic E-state index is 0.700. The molecule has 1 heterocycles. The van der Waals surface area contributed by atoms with Crippen LogP contribution in [0.15, 0.2) is 6.20 Å². The van der Waals surface area contributed by atoms with E-state index < -0.39 is 0 Å². The van der Waals surface area contributed by atoms with Gasteiger partial charge in [0.1, 0.15) is 5.82 Å². The highest BCUT2D eigenvalue weighted by molar-refractivity contribution is 5.32. The van der Waals surface area contributed by atoms with Gasteiger partial charge in [-0.3, -0.25) is 4.98 Å². The minimum Gasteiger partial charge on any atom is -0.369 e. The van der Waals surface area contributed by atoms with Crippen molar-refractivity contribution in [1.29, 1.82) is 0 Å². The Labute approximate surface area is 78.6 Å². The molecule has 0 amide bonds. The van der Waals surface area contributed by atoms with Crippen LogP contribution in [0.5, 0.6) is 0 Å². The zero-order chi connectivity index (χ0) is 9.68. The van der Waals surface area contributed by atoms with Crippen LogP contribution in [0.1, 0.15) is 17.8 Å². The standard InChI is InChI=1S/C9H16N4/c1-7-8(2)13-9(6-12-7)11-5-3-4-10/h6H,3-5,10H2,1-2H3,(H,11,13). The highest BCUT2D eigenvalue weighted by atomic mass is 15.0. The molecule has 0 bridgehead atoms. The van der Waals surface area contributed by atoms with Crippen molar-refractivity contribution in [3.63, 3.8) is 0 Å². The Morgan fingerprint density at radius 2 is 2.15 bits per heavy atom. The third-order valence-corrected chi connectivity index (χ3v) is 1.88. The number of rotatable bonds is 4. The number of aromatic nitrogens is 2. The molecular weight excluding hydrogens is 164 g/mol. The van der Waals surface area contributed by atoms with E-state index in [-0.39, 0.29) is 0 Å². The van der Waals surface area contributed by atoms with Crippen LogP contribution in [0, 0.1) is 13.8 Å². The summed E-state index contributed by atoms with van der Waals surface area (Å²) in [5.74, 6) is 0.830. The van der Waals surface area contributed by atoms with Gasteiger partial charge in [-0.05, 0) is 26.8 Å². The molecule has 0 aliphatic heterocycles. The molecule has 0 unspecified atom stereocenters. The fraction of sp³-hybridized carbons (Fsp3) is 0.556. The Hall–Kier alpha value is -1.16. The quantitative estimate of drug-likeness (QED) is 0.674. The summed E-state index contributed by atoms with van der Waals surface area (Å²) in [6.07, 6.45) is 2.70. The van der Waals surface area contributed by atoms with Gasteiger partial charge in [0, 0.05) is 6.54 Å². The third kappa shape index (κ3) is 2.99. The van der Waals surface area contributed by atoms with Crippen molar-refractivity contribution in [2.24, 2.45) is 5.73 Å². The van der Waals surface area contributed by atoms with Crippen LogP contribution in [-0.2, 0) is 0 Å². The first kappa shape index (κ1) is 9.92. The predicted molar refractivity (Wildman–Crippen MR) is 53.7 cm³/mol. The summed E-state index contributed by atoms with van der Waals surface area (Å²) in [7, 11) is 0. The van der Waals surface area contributed by atoms with Gasteiger partial charge < -0.3 is 11.1 Å². The van der Waals surface area contributed by atoms with Crippen molar-refractivity contribution in [2.75, 3.05) is 18.4 Å². The lowest BCUT2D eigenvalue weighted by atomic mass is 10.3. The highest BCUT2D eigenvalue weighted by Crippen LogP contribution is 2.04. The second-order valence-corrected chi connectivity index (χ2v) is 3.00. The van der Waals surface area contributed by atoms with Gasteiger partial charge in [-0.1, -0.05) is 0 Å². The van der Waals surface area contributed by atoms with Crippen LogP contribution in [0.4, 0.5) is 5.82 Å². The first-order valence-electron chi connectivity index (χ1n) is 4.48. The maximum absolute atomic E-state index is 5.37. The molecular formula is C9H16N4. The molecule has 4 nitrogen and oxygen atoms in total. The molecule has 0 aliphatic rings. The summed E-state index contributed by atoms with van der Waals surface area (Å²) >= 11 is 0. The van der Waals surface area contributed by atoms with E-state index in [0.29, 0.717) is 6.54 Å². The predicted octanol–water partition coefficient (Wildman–Crippen LogP) is 0.854. The number of nitrogens with zero attached hydrogens (tertiary/aromatic N) is 2. The number of anilines is 1. The molecule has 0 saturated carbocycles. The summed E-state index contributed by atoms with van der Waals surface area (Å²) in [5, 5.41) is 3.16. The Morgan fingerprint density at radius 3 is 2.77 bits per heavy atom. The van der Waals surface area contributed by atoms with E-state index >= 15 is 0 Å². The lowest BCUT2D eigenvalue weighted by Gasteiger charge is -2.05. The van der Waals surface area contributed by atoms with Crippen LogP contribution < -0.4 is 11.1 Å². The monoisotopic (exact) mass is 180 g/mol. The van der Waals surface area contributed by atoms with Gasteiger partial charge in [-0.2, -0.15) is 0 Å². The van der Waals surface area contributed by atoms with E-state index in [4.69, 9.17) is 5.73 Å². The van der Waals surface area contributed by atoms with Gasteiger partial charge in [0.15, 0.2) is 0 Å². The number of hydrogen-bond donors (Lipinski definition) is 2. The van der Waals surface area contributed by atoms with E-state index in [2.05, 4.69) is 15.3 Å². The van der Waals surface area contributed by atoms with Crippen LogP contribution in [0.2, 0.25) is 0 Å². The smallest absolute Gasteiger partial charge is 0.144 e. The van der Waals surface area contributed by atoms with Gasteiger partial charge in [0.2, 0.25) is 0 Å². The van der Waals surface area contributed by atoms with E-state index in [1.807, 2.05) is 13.8 Å². The van der Waals surface area contributed by atoms with Crippen LogP contribution in [-0.4, -0.2) is 23.1 Å². The fourth-order valence-electron chi connectivity index (χ4n) is 0.946. The van der Waals surface area contributed by atoms with E-state index in [0.717, 1.165) is 30.2 Å². The lowest BCUT2D eigenvalue weighted by Crippen LogP contribution is -2.10. The van der Waals surface area contributed by atoms with Gasteiger partial charge in [0.05, 0.1) is 17.6 Å². The van der Waals surface area contributed by atoms with Gasteiger partial charge >= 0.3 is 0 Å². The van der Waals surface area contributed by atoms with Gasteiger partial charge in [-0.15, -0.1) is 0 Å². The maximum atomic E-state index is 5.37. The zero-order valence-corrected chi connectivity index (χ0v) is 8.17. The molecule has 4 heteroatoms. The molecule has 13 heavy (non-hydrogen) atoms. The van der Waals surface area contributed by atoms with Crippen LogP contribution >= 0.6 is 0 Å². The first-order chi connectivity index (χ1) is 6.24. The molecule has 72 valence electrons. The van der Waals surface area contributed by atoms with Crippen LogP contribution in [0.3, 0.4) is 0 Å². The van der Waals surface area contributed by atoms with E-state index in [1.165, 1.54) is 0 Å². The molecule has 1 aromatic heterocycles. The Balaban J connectivity index is 2.53. The molecule has 1 aromatic rings. The second kappa shape index (κ2) is 4.77. The van der Waals surface area contributed by atoms with Crippen molar-refractivity contribution in [2.45, 2.75) is 20.3 Å². The fourth-order valence-corrected chi connectivity index (χ4v) is 0.946. The molecule has 0 radical (unpaired) electrons. The highest BCUT2D eigenvalue weighted by Gasteiger charge is 1.97.